The van der Waals surface area contributed by atoms with Crippen LogP contribution in [0.1, 0.15) is 0 Å². The highest BCUT2D eigenvalue weighted by Crippen LogP contribution is 2.31. The average Bonchev–Trinajstić information content (AvgIpc) is 1.62. The summed E-state index contributed by atoms with van der Waals surface area (Å²) in [7, 11) is 0. The maximum absolute atomic E-state index is 11.8. The molecule has 1 nitrogen and oxygen atoms in total. The lowest BCUT2D eigenvalue weighted by Gasteiger charge is -2.08. The molecule has 0 bridgehead atoms. The zero-order valence-electron chi connectivity index (χ0n) is 3.88. The molecule has 0 aromatic carbocycles. The van der Waals surface area contributed by atoms with Crippen LogP contribution in [0.4, 0.5) is 13.2 Å². The Balaban J connectivity index is 4.04. The van der Waals surface area contributed by atoms with Gasteiger partial charge in [0.25, 0.3) is 0 Å². The fourth-order valence-electron chi connectivity index (χ4n) is 0.129. The second-order valence-corrected chi connectivity index (χ2v) is 3.18. The molecule has 0 rings (SSSR count). The Labute approximate surface area is 65.9 Å². The molecule has 6 heteroatoms. The van der Waals surface area contributed by atoms with Crippen molar-refractivity contribution in [2.75, 3.05) is 0 Å². The molecule has 0 fully saturated rings. The van der Waals surface area contributed by atoms with Crippen molar-refractivity contribution in [3.8, 4) is 0 Å². The molecule has 0 saturated heterocycles. The van der Waals surface area contributed by atoms with Crippen LogP contribution >= 0.6 is 31.9 Å². The molecule has 0 aliphatic rings. The molecule has 9 heavy (non-hydrogen) atoms. The summed E-state index contributed by atoms with van der Waals surface area (Å²) in [5, 5.41) is 0. The highest BCUT2D eigenvalue weighted by molar-refractivity contribution is 9.12. The Hall–Kier alpha value is 0.420. The summed E-state index contributed by atoms with van der Waals surface area (Å²) in [5.41, 5.74) is 0. The van der Waals surface area contributed by atoms with Crippen LogP contribution in [0.25, 0.3) is 0 Å². The quantitative estimate of drug-likeness (QED) is 0.555. The van der Waals surface area contributed by atoms with E-state index in [1.807, 2.05) is 0 Å². The molecule has 0 aromatic heterocycles. The standard InChI is InChI=1S/C3HBr2F3O/c4-1(2(6)9)3(5,7)8/h1H. The van der Waals surface area contributed by atoms with Gasteiger partial charge in [0.1, 0.15) is 0 Å². The van der Waals surface area contributed by atoms with Gasteiger partial charge in [0.2, 0.25) is 0 Å². The summed E-state index contributed by atoms with van der Waals surface area (Å²) in [6.07, 6.45) is 0. The molecule has 0 saturated carbocycles. The lowest BCUT2D eigenvalue weighted by atomic mass is 10.5. The Kier molecular flexibility index (Phi) is 3.15. The third-order valence-corrected chi connectivity index (χ3v) is 2.49. The van der Waals surface area contributed by atoms with Gasteiger partial charge in [-0.3, -0.25) is 4.79 Å². The second kappa shape index (κ2) is 3.01. The number of hydrogen-bond acceptors (Lipinski definition) is 1. The molecule has 0 N–H and O–H groups in total. The summed E-state index contributed by atoms with van der Waals surface area (Å²) in [5.74, 6) is 0. The van der Waals surface area contributed by atoms with Gasteiger partial charge in [-0.2, -0.15) is 13.2 Å². The molecule has 0 radical (unpaired) electrons. The van der Waals surface area contributed by atoms with E-state index in [0.717, 1.165) is 0 Å². The monoisotopic (exact) mass is 268 g/mol. The van der Waals surface area contributed by atoms with Gasteiger partial charge in [0.05, 0.1) is 0 Å². The SMILES string of the molecule is O=C(F)C(Br)C(F)(F)Br. The third kappa shape index (κ3) is 3.20. The van der Waals surface area contributed by atoms with E-state index in [1.54, 1.807) is 15.9 Å². The molecule has 0 heterocycles. The number of carbonyl (C=O) groups is 1. The summed E-state index contributed by atoms with van der Waals surface area (Å²) in [6.45, 7) is 0. The van der Waals surface area contributed by atoms with Crippen LogP contribution in [0.15, 0.2) is 0 Å². The topological polar surface area (TPSA) is 17.1 Å². The Morgan fingerprint density at radius 2 is 1.89 bits per heavy atom. The van der Waals surface area contributed by atoms with Crippen molar-refractivity contribution < 1.29 is 18.0 Å². The van der Waals surface area contributed by atoms with Crippen LogP contribution in [-0.4, -0.2) is 15.7 Å². The van der Waals surface area contributed by atoms with Crippen molar-refractivity contribution >= 4 is 37.9 Å². The molecule has 1 unspecified atom stereocenters. The minimum Gasteiger partial charge on any atom is -0.260 e. The highest BCUT2D eigenvalue weighted by atomic mass is 79.9. The maximum Gasteiger partial charge on any atom is 0.323 e. The highest BCUT2D eigenvalue weighted by Gasteiger charge is 2.40. The largest absolute Gasteiger partial charge is 0.323 e. The van der Waals surface area contributed by atoms with E-state index in [0.29, 0.717) is 0 Å². The van der Waals surface area contributed by atoms with Crippen LogP contribution in [-0.2, 0) is 4.79 Å². The van der Waals surface area contributed by atoms with Gasteiger partial charge >= 0.3 is 10.9 Å². The first kappa shape index (κ1) is 9.42. The van der Waals surface area contributed by atoms with Crippen LogP contribution in [0.2, 0.25) is 0 Å². The predicted molar refractivity (Wildman–Crippen MR) is 32.7 cm³/mol. The van der Waals surface area contributed by atoms with Crippen LogP contribution in [0.5, 0.6) is 0 Å². The molecule has 0 aliphatic heterocycles. The summed E-state index contributed by atoms with van der Waals surface area (Å²) < 4.78 is 34.9. The van der Waals surface area contributed by atoms with Crippen molar-refractivity contribution in [1.29, 1.82) is 0 Å². The van der Waals surface area contributed by atoms with E-state index >= 15 is 0 Å². The average molecular weight is 270 g/mol. The molecule has 0 aliphatic carbocycles. The normalized spacial score (nSPS) is 15.2. The van der Waals surface area contributed by atoms with Gasteiger partial charge in [-0.1, -0.05) is 15.9 Å². The Morgan fingerprint density at radius 3 is 1.89 bits per heavy atom. The first-order valence-corrected chi connectivity index (χ1v) is 3.46. The van der Waals surface area contributed by atoms with E-state index in [4.69, 9.17) is 0 Å². The van der Waals surface area contributed by atoms with Crippen molar-refractivity contribution in [2.24, 2.45) is 0 Å². The predicted octanol–water partition coefficient (Wildman–Crippen LogP) is 2.23. The Bertz CT molecular complexity index is 121. The fourth-order valence-corrected chi connectivity index (χ4v) is 0.309. The first-order chi connectivity index (χ1) is 3.85. The van der Waals surface area contributed by atoms with Crippen LogP contribution in [0, 0.1) is 0 Å². The molecule has 0 spiro atoms. The number of hydrogen-bond donors (Lipinski definition) is 0. The van der Waals surface area contributed by atoms with E-state index in [-0.39, 0.29) is 0 Å². The molecular formula is C3HBr2F3O. The second-order valence-electron chi connectivity index (χ2n) is 1.21. The van der Waals surface area contributed by atoms with E-state index in [1.165, 1.54) is 0 Å². The minimum absolute atomic E-state index is 1.80. The van der Waals surface area contributed by atoms with Gasteiger partial charge in [0.15, 0.2) is 4.83 Å². The van der Waals surface area contributed by atoms with Gasteiger partial charge in [-0.05, 0) is 15.9 Å². The third-order valence-electron chi connectivity index (χ3n) is 0.487. The van der Waals surface area contributed by atoms with Crippen LogP contribution in [0.3, 0.4) is 0 Å². The zero-order chi connectivity index (χ0) is 7.65. The van der Waals surface area contributed by atoms with Gasteiger partial charge in [-0.15, -0.1) is 0 Å². The maximum atomic E-state index is 11.8. The number of carbonyl (C=O) groups excluding carboxylic acids is 1. The van der Waals surface area contributed by atoms with Gasteiger partial charge in [0, 0.05) is 0 Å². The molecule has 0 aromatic rings. The number of rotatable bonds is 2. The molecule has 1 atom stereocenters. The number of alkyl halides is 4. The lowest BCUT2D eigenvalue weighted by molar-refractivity contribution is -0.131. The summed E-state index contributed by atoms with van der Waals surface area (Å²) in [6, 6.07) is -2.10. The van der Waals surface area contributed by atoms with Crippen molar-refractivity contribution in [3.05, 3.63) is 0 Å². The molecule has 54 valence electrons. The molecule has 0 amide bonds. The number of halogens is 5. The first-order valence-electron chi connectivity index (χ1n) is 1.76. The lowest BCUT2D eigenvalue weighted by Crippen LogP contribution is -2.26. The molecular weight excluding hydrogens is 269 g/mol. The summed E-state index contributed by atoms with van der Waals surface area (Å²) >= 11 is 3.94. The smallest absolute Gasteiger partial charge is 0.260 e. The van der Waals surface area contributed by atoms with E-state index < -0.39 is 15.7 Å². The van der Waals surface area contributed by atoms with Crippen molar-refractivity contribution in [2.45, 2.75) is 9.66 Å². The zero-order valence-corrected chi connectivity index (χ0v) is 7.05. The van der Waals surface area contributed by atoms with Crippen molar-refractivity contribution in [3.63, 3.8) is 0 Å². The van der Waals surface area contributed by atoms with E-state index in [2.05, 4.69) is 15.9 Å². The fraction of sp³-hybridized carbons (Fsp3) is 0.667. The van der Waals surface area contributed by atoms with Crippen molar-refractivity contribution in [1.82, 2.24) is 0 Å². The van der Waals surface area contributed by atoms with Crippen LogP contribution < -0.4 is 0 Å². The van der Waals surface area contributed by atoms with Gasteiger partial charge in [-0.25, -0.2) is 0 Å². The van der Waals surface area contributed by atoms with E-state index in [9.17, 15) is 18.0 Å². The minimum atomic E-state index is -3.52. The summed E-state index contributed by atoms with van der Waals surface area (Å²) in [4.78, 5) is 3.96. The van der Waals surface area contributed by atoms with Gasteiger partial charge < -0.3 is 0 Å². The Morgan fingerprint density at radius 1 is 1.56 bits per heavy atom.